The molecule has 0 N–H and O–H groups in total. The molecule has 3 rings (SSSR count). The van der Waals surface area contributed by atoms with Gasteiger partial charge in [-0.2, -0.15) is 0 Å². The van der Waals surface area contributed by atoms with E-state index in [4.69, 9.17) is 23.7 Å². The predicted octanol–water partition coefficient (Wildman–Crippen LogP) is 3.01. The van der Waals surface area contributed by atoms with E-state index in [1.165, 1.54) is 35.0 Å². The third kappa shape index (κ3) is 5.20. The summed E-state index contributed by atoms with van der Waals surface area (Å²) in [5.41, 5.74) is -1.38. The van der Waals surface area contributed by atoms with Crippen LogP contribution in [0.2, 0.25) is 0 Å². The summed E-state index contributed by atoms with van der Waals surface area (Å²) >= 11 is 0. The van der Waals surface area contributed by atoms with Crippen molar-refractivity contribution in [2.75, 3.05) is 20.8 Å². The van der Waals surface area contributed by atoms with Crippen LogP contribution in [-0.4, -0.2) is 68.6 Å². The van der Waals surface area contributed by atoms with Gasteiger partial charge in [-0.3, -0.25) is 24.0 Å². The molecule has 10 nitrogen and oxygen atoms in total. The molecular weight excluding hydrogens is 496 g/mol. The molecule has 0 bridgehead atoms. The Morgan fingerprint density at radius 1 is 0.974 bits per heavy atom. The van der Waals surface area contributed by atoms with Gasteiger partial charge in [-0.05, 0) is 19.8 Å². The number of allylic oxidation sites excluding steroid dienone is 1. The topological polar surface area (TPSA) is 132 Å². The van der Waals surface area contributed by atoms with Gasteiger partial charge in [0.1, 0.15) is 12.2 Å². The molecule has 3 aliphatic carbocycles. The number of methoxy groups -OCH3 is 2. The molecule has 0 saturated heterocycles. The standard InChI is InChI=1S/C28H38O10/c1-14(34-7)12-18-21(32)19-20(22(33)23(18)37-16(3)30)28(6)11-9-10-27(5,13-36-15(2)29)26(28)25(24(19)35-8)38-17(4)31/h14,24-26H,9-13H2,1-8H3/t14-,24-,25+,26-,27+,28+/m0/s1. The molecule has 3 aliphatic rings. The van der Waals surface area contributed by atoms with Crippen LogP contribution in [0.4, 0.5) is 0 Å². The second-order valence-corrected chi connectivity index (χ2v) is 11.0. The average molecular weight is 535 g/mol. The first-order chi connectivity index (χ1) is 17.7. The molecule has 0 radical (unpaired) electrons. The Morgan fingerprint density at radius 3 is 2.16 bits per heavy atom. The maximum atomic E-state index is 14.2. The molecule has 0 aliphatic heterocycles. The lowest BCUT2D eigenvalue weighted by Crippen LogP contribution is -2.62. The third-order valence-corrected chi connectivity index (χ3v) is 8.16. The quantitative estimate of drug-likeness (QED) is 0.260. The van der Waals surface area contributed by atoms with E-state index in [2.05, 4.69) is 0 Å². The number of carbonyl (C=O) groups is 5. The molecule has 0 amide bonds. The summed E-state index contributed by atoms with van der Waals surface area (Å²) in [7, 11) is 2.87. The number of ether oxygens (including phenoxy) is 5. The van der Waals surface area contributed by atoms with Crippen molar-refractivity contribution in [3.8, 4) is 0 Å². The van der Waals surface area contributed by atoms with E-state index in [0.29, 0.717) is 19.3 Å². The fraction of sp³-hybridized carbons (Fsp3) is 0.679. The number of Topliss-reactive ketones (excluding diaryl/α,β-unsaturated/α-hetero) is 2. The molecule has 0 aromatic heterocycles. The number of fused-ring (bicyclic) bond motifs is 2. The minimum atomic E-state index is -1.06. The zero-order chi connectivity index (χ0) is 28.6. The van der Waals surface area contributed by atoms with Crippen molar-refractivity contribution in [1.29, 1.82) is 0 Å². The van der Waals surface area contributed by atoms with Gasteiger partial charge in [-0.25, -0.2) is 0 Å². The highest BCUT2D eigenvalue weighted by Crippen LogP contribution is 2.62. The van der Waals surface area contributed by atoms with Crippen molar-refractivity contribution in [2.24, 2.45) is 16.7 Å². The highest BCUT2D eigenvalue weighted by Gasteiger charge is 2.64. The first kappa shape index (κ1) is 29.7. The Kier molecular flexibility index (Phi) is 8.67. The Morgan fingerprint density at radius 2 is 1.63 bits per heavy atom. The van der Waals surface area contributed by atoms with Crippen LogP contribution >= 0.6 is 0 Å². The number of ketones is 2. The van der Waals surface area contributed by atoms with Crippen LogP contribution in [0.25, 0.3) is 0 Å². The molecule has 38 heavy (non-hydrogen) atoms. The molecule has 1 fully saturated rings. The highest BCUT2D eigenvalue weighted by molar-refractivity contribution is 6.26. The van der Waals surface area contributed by atoms with E-state index in [9.17, 15) is 24.0 Å². The zero-order valence-electron chi connectivity index (χ0n) is 23.4. The van der Waals surface area contributed by atoms with E-state index >= 15 is 0 Å². The van der Waals surface area contributed by atoms with Gasteiger partial charge in [-0.1, -0.05) is 20.3 Å². The summed E-state index contributed by atoms with van der Waals surface area (Å²) in [6.07, 6.45) is -0.639. The van der Waals surface area contributed by atoms with Gasteiger partial charge in [0, 0.05) is 74.9 Å². The number of hydrogen-bond donors (Lipinski definition) is 0. The predicted molar refractivity (Wildman–Crippen MR) is 133 cm³/mol. The minimum absolute atomic E-state index is 0.0162. The lowest BCUT2D eigenvalue weighted by molar-refractivity contribution is -0.187. The summed E-state index contributed by atoms with van der Waals surface area (Å²) in [5.74, 6) is -3.68. The molecule has 0 spiro atoms. The van der Waals surface area contributed by atoms with Crippen LogP contribution in [0.15, 0.2) is 22.5 Å². The van der Waals surface area contributed by atoms with Crippen molar-refractivity contribution in [1.82, 2.24) is 0 Å². The Balaban J connectivity index is 2.30. The Bertz CT molecular complexity index is 1100. The van der Waals surface area contributed by atoms with Crippen molar-refractivity contribution >= 4 is 29.5 Å². The fourth-order valence-corrected chi connectivity index (χ4v) is 6.72. The van der Waals surface area contributed by atoms with Gasteiger partial charge in [0.25, 0.3) is 0 Å². The summed E-state index contributed by atoms with van der Waals surface area (Å²) < 4.78 is 27.9. The minimum Gasteiger partial charge on any atom is -0.465 e. The largest absolute Gasteiger partial charge is 0.465 e. The van der Waals surface area contributed by atoms with Gasteiger partial charge < -0.3 is 23.7 Å². The van der Waals surface area contributed by atoms with E-state index in [0.717, 1.165) is 0 Å². The maximum Gasteiger partial charge on any atom is 0.308 e. The molecule has 0 aromatic carbocycles. The lowest BCUT2D eigenvalue weighted by atomic mass is 9.47. The lowest BCUT2D eigenvalue weighted by Gasteiger charge is -2.59. The van der Waals surface area contributed by atoms with Crippen molar-refractivity contribution < 1.29 is 47.7 Å². The van der Waals surface area contributed by atoms with Crippen molar-refractivity contribution in [3.63, 3.8) is 0 Å². The molecule has 0 unspecified atom stereocenters. The first-order valence-electron chi connectivity index (χ1n) is 12.8. The zero-order valence-corrected chi connectivity index (χ0v) is 23.4. The molecular formula is C28H38O10. The molecule has 210 valence electrons. The molecule has 6 atom stereocenters. The van der Waals surface area contributed by atoms with E-state index in [1.807, 2.05) is 13.8 Å². The Hall–Kier alpha value is -2.85. The van der Waals surface area contributed by atoms with Crippen LogP contribution in [0.5, 0.6) is 0 Å². The second kappa shape index (κ2) is 11.1. The molecule has 10 heteroatoms. The van der Waals surface area contributed by atoms with Gasteiger partial charge in [-0.15, -0.1) is 0 Å². The first-order valence-corrected chi connectivity index (χ1v) is 12.8. The maximum absolute atomic E-state index is 14.2. The van der Waals surface area contributed by atoms with Gasteiger partial charge in [0.2, 0.25) is 5.78 Å². The van der Waals surface area contributed by atoms with Crippen LogP contribution in [0.1, 0.15) is 67.2 Å². The van der Waals surface area contributed by atoms with Crippen LogP contribution in [0, 0.1) is 16.7 Å². The van der Waals surface area contributed by atoms with Gasteiger partial charge in [0.05, 0.1) is 12.7 Å². The fourth-order valence-electron chi connectivity index (χ4n) is 6.72. The summed E-state index contributed by atoms with van der Waals surface area (Å²) in [6, 6.07) is 0. The highest BCUT2D eigenvalue weighted by atomic mass is 16.6. The molecule has 0 aromatic rings. The summed E-state index contributed by atoms with van der Waals surface area (Å²) in [4.78, 5) is 64.5. The third-order valence-electron chi connectivity index (χ3n) is 8.16. The number of rotatable bonds is 8. The monoisotopic (exact) mass is 534 g/mol. The van der Waals surface area contributed by atoms with Crippen LogP contribution in [0.3, 0.4) is 0 Å². The number of carbonyl (C=O) groups excluding carboxylic acids is 5. The Labute approximate surface area is 223 Å². The average Bonchev–Trinajstić information content (AvgIpc) is 2.82. The smallest absolute Gasteiger partial charge is 0.308 e. The normalized spacial score (nSPS) is 31.8. The summed E-state index contributed by atoms with van der Waals surface area (Å²) in [5, 5.41) is 0. The van der Waals surface area contributed by atoms with Crippen LogP contribution in [-0.2, 0) is 47.7 Å². The summed E-state index contributed by atoms with van der Waals surface area (Å²) in [6.45, 7) is 9.31. The number of esters is 3. The van der Waals surface area contributed by atoms with E-state index < -0.39 is 64.5 Å². The second-order valence-electron chi connectivity index (χ2n) is 11.0. The molecule has 0 heterocycles. The van der Waals surface area contributed by atoms with Crippen LogP contribution < -0.4 is 0 Å². The van der Waals surface area contributed by atoms with E-state index in [1.54, 1.807) is 6.92 Å². The van der Waals surface area contributed by atoms with E-state index in [-0.39, 0.29) is 35.5 Å². The molecule has 1 saturated carbocycles. The van der Waals surface area contributed by atoms with Gasteiger partial charge in [0.15, 0.2) is 11.5 Å². The van der Waals surface area contributed by atoms with Crippen molar-refractivity contribution in [2.45, 2.75) is 85.5 Å². The van der Waals surface area contributed by atoms with Crippen molar-refractivity contribution in [3.05, 3.63) is 22.5 Å². The number of hydrogen-bond acceptors (Lipinski definition) is 10. The van der Waals surface area contributed by atoms with Gasteiger partial charge >= 0.3 is 17.9 Å². The SMILES string of the molecule is CO[C@@H](C)CC1=C(OC(C)=O)C(=O)C2=C(C1=O)[C@H](OC)[C@@H](OC(C)=O)[C@H]1[C@@](C)(COC(C)=O)CCC[C@]21C.